The van der Waals surface area contributed by atoms with Crippen LogP contribution in [-0.2, 0) is 0 Å². The summed E-state index contributed by atoms with van der Waals surface area (Å²) in [4.78, 5) is 23.5. The SMILES string of the molecule is COc1cc(F)ccc1-n1c(C)c(C(=O)O)c(C)cc1=O. The number of carboxylic acid groups (broad SMARTS) is 1. The molecule has 2 rings (SSSR count). The fourth-order valence-corrected chi connectivity index (χ4v) is 2.34. The normalized spacial score (nSPS) is 10.5. The van der Waals surface area contributed by atoms with Gasteiger partial charge in [-0.15, -0.1) is 0 Å². The Kier molecular flexibility index (Phi) is 3.80. The topological polar surface area (TPSA) is 68.5 Å². The van der Waals surface area contributed by atoms with Crippen molar-refractivity contribution in [2.24, 2.45) is 0 Å². The molecule has 0 amide bonds. The van der Waals surface area contributed by atoms with E-state index < -0.39 is 17.3 Å². The molecule has 1 heterocycles. The van der Waals surface area contributed by atoms with Gasteiger partial charge in [-0.2, -0.15) is 0 Å². The number of pyridine rings is 1. The smallest absolute Gasteiger partial charge is 0.337 e. The molecular weight excluding hydrogens is 277 g/mol. The number of hydrogen-bond acceptors (Lipinski definition) is 3. The Morgan fingerprint density at radius 3 is 2.52 bits per heavy atom. The van der Waals surface area contributed by atoms with Gasteiger partial charge in [-0.05, 0) is 31.5 Å². The quantitative estimate of drug-likeness (QED) is 0.942. The minimum atomic E-state index is -1.13. The van der Waals surface area contributed by atoms with Crippen LogP contribution in [0.4, 0.5) is 4.39 Å². The minimum absolute atomic E-state index is 0.0426. The summed E-state index contributed by atoms with van der Waals surface area (Å²) in [6, 6.07) is 4.94. The van der Waals surface area contributed by atoms with Crippen LogP contribution in [0.5, 0.6) is 5.75 Å². The first-order valence-electron chi connectivity index (χ1n) is 6.17. The van der Waals surface area contributed by atoms with E-state index in [0.717, 1.165) is 6.07 Å². The van der Waals surface area contributed by atoms with Crippen molar-refractivity contribution in [2.45, 2.75) is 13.8 Å². The fraction of sp³-hybridized carbons (Fsp3) is 0.200. The molecule has 5 nitrogen and oxygen atoms in total. The summed E-state index contributed by atoms with van der Waals surface area (Å²) in [5.41, 5.74) is 0.574. The number of carbonyl (C=O) groups is 1. The first kappa shape index (κ1) is 14.8. The molecule has 1 aromatic carbocycles. The maximum Gasteiger partial charge on any atom is 0.337 e. The largest absolute Gasteiger partial charge is 0.494 e. The maximum absolute atomic E-state index is 13.3. The first-order chi connectivity index (χ1) is 9.86. The number of hydrogen-bond donors (Lipinski definition) is 1. The first-order valence-corrected chi connectivity index (χ1v) is 6.17. The zero-order valence-electron chi connectivity index (χ0n) is 11.8. The van der Waals surface area contributed by atoms with Crippen molar-refractivity contribution in [1.29, 1.82) is 0 Å². The summed E-state index contributed by atoms with van der Waals surface area (Å²) in [6.07, 6.45) is 0. The molecule has 0 aliphatic heterocycles. The van der Waals surface area contributed by atoms with Gasteiger partial charge in [0.2, 0.25) is 0 Å². The fourth-order valence-electron chi connectivity index (χ4n) is 2.34. The van der Waals surface area contributed by atoms with Gasteiger partial charge < -0.3 is 9.84 Å². The van der Waals surface area contributed by atoms with E-state index in [9.17, 15) is 19.1 Å². The summed E-state index contributed by atoms with van der Waals surface area (Å²) in [6.45, 7) is 3.09. The zero-order valence-corrected chi connectivity index (χ0v) is 11.8. The van der Waals surface area contributed by atoms with Gasteiger partial charge in [0.15, 0.2) is 0 Å². The van der Waals surface area contributed by atoms with Gasteiger partial charge in [-0.25, -0.2) is 9.18 Å². The Labute approximate surface area is 120 Å². The molecule has 0 aliphatic carbocycles. The highest BCUT2D eigenvalue weighted by Gasteiger charge is 2.18. The Balaban J connectivity index is 2.85. The number of benzene rings is 1. The molecule has 110 valence electrons. The predicted octanol–water partition coefficient (Wildman–Crippen LogP) is 2.30. The third kappa shape index (κ3) is 2.52. The second-order valence-electron chi connectivity index (χ2n) is 4.58. The average molecular weight is 291 g/mol. The van der Waals surface area contributed by atoms with Gasteiger partial charge in [-0.3, -0.25) is 9.36 Å². The van der Waals surface area contributed by atoms with Crippen LogP contribution >= 0.6 is 0 Å². The number of ether oxygens (including phenoxy) is 1. The van der Waals surface area contributed by atoms with Gasteiger partial charge >= 0.3 is 5.97 Å². The molecule has 0 radical (unpaired) electrons. The van der Waals surface area contributed by atoms with Gasteiger partial charge in [0.1, 0.15) is 11.6 Å². The number of halogens is 1. The number of nitrogens with zero attached hydrogens (tertiary/aromatic N) is 1. The van der Waals surface area contributed by atoms with E-state index >= 15 is 0 Å². The average Bonchev–Trinajstić information content (AvgIpc) is 2.39. The Morgan fingerprint density at radius 1 is 1.29 bits per heavy atom. The van der Waals surface area contributed by atoms with E-state index in [2.05, 4.69) is 0 Å². The molecule has 0 fully saturated rings. The highest BCUT2D eigenvalue weighted by atomic mass is 19.1. The number of aromatic nitrogens is 1. The Morgan fingerprint density at radius 2 is 1.95 bits per heavy atom. The number of aryl methyl sites for hydroxylation is 1. The lowest BCUT2D eigenvalue weighted by molar-refractivity contribution is 0.0694. The highest BCUT2D eigenvalue weighted by molar-refractivity contribution is 5.90. The second kappa shape index (κ2) is 5.40. The lowest BCUT2D eigenvalue weighted by Gasteiger charge is -2.16. The molecule has 6 heteroatoms. The molecule has 0 bridgehead atoms. The number of aromatic carboxylic acids is 1. The van der Waals surface area contributed by atoms with Gasteiger partial charge in [0.25, 0.3) is 5.56 Å². The second-order valence-corrected chi connectivity index (χ2v) is 4.58. The lowest BCUT2D eigenvalue weighted by atomic mass is 10.1. The van der Waals surface area contributed by atoms with Crippen LogP contribution in [-0.4, -0.2) is 22.8 Å². The monoisotopic (exact) mass is 291 g/mol. The van der Waals surface area contributed by atoms with Gasteiger partial charge in [0.05, 0.1) is 18.4 Å². The van der Waals surface area contributed by atoms with Crippen molar-refractivity contribution < 1.29 is 19.0 Å². The van der Waals surface area contributed by atoms with Crippen LogP contribution in [0.1, 0.15) is 21.6 Å². The Hall–Kier alpha value is -2.63. The number of rotatable bonds is 3. The Bertz CT molecular complexity index is 780. The van der Waals surface area contributed by atoms with Crippen molar-refractivity contribution in [3.63, 3.8) is 0 Å². The molecule has 0 saturated heterocycles. The standard InChI is InChI=1S/C15H14FNO4/c1-8-6-13(18)17(9(2)14(8)15(19)20)11-5-4-10(16)7-12(11)21-3/h4-7H,1-3H3,(H,19,20). The summed E-state index contributed by atoms with van der Waals surface area (Å²) < 4.78 is 19.5. The lowest BCUT2D eigenvalue weighted by Crippen LogP contribution is -2.24. The molecule has 0 unspecified atom stereocenters. The predicted molar refractivity (Wildman–Crippen MR) is 75.0 cm³/mol. The maximum atomic E-state index is 13.3. The molecule has 21 heavy (non-hydrogen) atoms. The van der Waals surface area contributed by atoms with Crippen LogP contribution in [0.2, 0.25) is 0 Å². The van der Waals surface area contributed by atoms with Crippen molar-refractivity contribution in [3.05, 3.63) is 57.3 Å². The van der Waals surface area contributed by atoms with Crippen molar-refractivity contribution in [2.75, 3.05) is 7.11 Å². The van der Waals surface area contributed by atoms with E-state index in [-0.39, 0.29) is 17.0 Å². The molecule has 0 spiro atoms. The summed E-state index contributed by atoms with van der Waals surface area (Å²) in [7, 11) is 1.35. The molecule has 0 saturated carbocycles. The number of methoxy groups -OCH3 is 1. The summed E-state index contributed by atoms with van der Waals surface area (Å²) in [5.74, 6) is -1.48. The summed E-state index contributed by atoms with van der Waals surface area (Å²) >= 11 is 0. The van der Waals surface area contributed by atoms with E-state index in [0.29, 0.717) is 11.3 Å². The molecule has 1 aromatic heterocycles. The van der Waals surface area contributed by atoms with E-state index in [1.807, 2.05) is 0 Å². The van der Waals surface area contributed by atoms with Gasteiger partial charge in [0, 0.05) is 17.8 Å². The zero-order chi connectivity index (χ0) is 15.7. The molecule has 2 aromatic rings. The molecule has 0 aliphatic rings. The third-order valence-corrected chi connectivity index (χ3v) is 3.25. The van der Waals surface area contributed by atoms with Crippen molar-refractivity contribution in [1.82, 2.24) is 4.57 Å². The van der Waals surface area contributed by atoms with Crippen LogP contribution in [0.3, 0.4) is 0 Å². The minimum Gasteiger partial charge on any atom is -0.494 e. The van der Waals surface area contributed by atoms with Crippen LogP contribution in [0.15, 0.2) is 29.1 Å². The van der Waals surface area contributed by atoms with Crippen molar-refractivity contribution >= 4 is 5.97 Å². The van der Waals surface area contributed by atoms with E-state index in [4.69, 9.17) is 4.74 Å². The van der Waals surface area contributed by atoms with Crippen LogP contribution in [0, 0.1) is 19.7 Å². The van der Waals surface area contributed by atoms with Crippen LogP contribution in [0.25, 0.3) is 5.69 Å². The summed E-state index contributed by atoms with van der Waals surface area (Å²) in [5, 5.41) is 9.27. The van der Waals surface area contributed by atoms with Crippen molar-refractivity contribution in [3.8, 4) is 11.4 Å². The molecule has 1 N–H and O–H groups in total. The van der Waals surface area contributed by atoms with Crippen LogP contribution < -0.4 is 10.3 Å². The molecular formula is C15H14FNO4. The third-order valence-electron chi connectivity index (χ3n) is 3.25. The van der Waals surface area contributed by atoms with E-state index in [1.54, 1.807) is 6.92 Å². The van der Waals surface area contributed by atoms with Gasteiger partial charge in [-0.1, -0.05) is 0 Å². The number of carboxylic acids is 1. The van der Waals surface area contributed by atoms with E-state index in [1.165, 1.54) is 36.8 Å². The highest BCUT2D eigenvalue weighted by Crippen LogP contribution is 2.25. The molecule has 0 atom stereocenters.